The molecule has 1 aliphatic heterocycles. The van der Waals surface area contributed by atoms with E-state index in [9.17, 15) is 4.79 Å². The molecule has 2 rings (SSSR count). The lowest BCUT2D eigenvalue weighted by atomic mass is 9.86. The van der Waals surface area contributed by atoms with E-state index < -0.39 is 0 Å². The number of carbonyl (C=O) groups is 1. The molecule has 0 radical (unpaired) electrons. The van der Waals surface area contributed by atoms with Gasteiger partial charge in [0.05, 0.1) is 6.07 Å². The van der Waals surface area contributed by atoms with E-state index in [0.29, 0.717) is 6.42 Å². The molecule has 124 valence electrons. The highest BCUT2D eigenvalue weighted by atomic mass is 16.2. The number of nitriles is 1. The van der Waals surface area contributed by atoms with Crippen molar-refractivity contribution < 1.29 is 4.79 Å². The van der Waals surface area contributed by atoms with E-state index in [-0.39, 0.29) is 17.2 Å². The van der Waals surface area contributed by atoms with Crippen LogP contribution < -0.4 is 0 Å². The van der Waals surface area contributed by atoms with Crippen LogP contribution in [0.3, 0.4) is 0 Å². The smallest absolute Gasteiger partial charge is 0.222 e. The van der Waals surface area contributed by atoms with Crippen LogP contribution in [0.5, 0.6) is 0 Å². The molecule has 1 aromatic carbocycles. The monoisotopic (exact) mass is 312 g/mol. The molecule has 0 bridgehead atoms. The molecule has 1 aliphatic rings. The second kappa shape index (κ2) is 7.64. The second-order valence-electron chi connectivity index (χ2n) is 7.58. The predicted molar refractivity (Wildman–Crippen MR) is 93.0 cm³/mol. The summed E-state index contributed by atoms with van der Waals surface area (Å²) in [5.74, 6) is 0.382. The van der Waals surface area contributed by atoms with Crippen molar-refractivity contribution in [3.8, 4) is 6.07 Å². The molecule has 1 aromatic rings. The van der Waals surface area contributed by atoms with Gasteiger partial charge in [-0.15, -0.1) is 0 Å². The quantitative estimate of drug-likeness (QED) is 0.841. The van der Waals surface area contributed by atoms with Gasteiger partial charge in [0.15, 0.2) is 0 Å². The van der Waals surface area contributed by atoms with Crippen LogP contribution in [0.15, 0.2) is 24.3 Å². The Morgan fingerprint density at radius 2 is 1.83 bits per heavy atom. The lowest BCUT2D eigenvalue weighted by Gasteiger charge is -2.29. The zero-order valence-corrected chi connectivity index (χ0v) is 14.6. The third-order valence-corrected chi connectivity index (χ3v) is 4.71. The largest absolute Gasteiger partial charge is 0.343 e. The number of hydrogen-bond acceptors (Lipinski definition) is 2. The Morgan fingerprint density at radius 3 is 2.35 bits per heavy atom. The molecule has 1 heterocycles. The van der Waals surface area contributed by atoms with Crippen LogP contribution in [0.4, 0.5) is 0 Å². The molecule has 1 amide bonds. The average Bonchev–Trinajstić information content (AvgIpc) is 2.54. The molecule has 0 unspecified atom stereocenters. The Hall–Kier alpha value is -1.82. The number of hydrogen-bond donors (Lipinski definition) is 0. The normalized spacial score (nSPS) is 16.2. The van der Waals surface area contributed by atoms with Gasteiger partial charge in [0, 0.05) is 25.4 Å². The van der Waals surface area contributed by atoms with E-state index in [1.807, 2.05) is 4.90 Å². The van der Waals surface area contributed by atoms with Gasteiger partial charge in [0.1, 0.15) is 0 Å². The Balaban J connectivity index is 1.75. The fraction of sp³-hybridized carbons (Fsp3) is 0.600. The van der Waals surface area contributed by atoms with Crippen molar-refractivity contribution in [2.75, 3.05) is 13.1 Å². The maximum absolute atomic E-state index is 12.2. The van der Waals surface area contributed by atoms with Crippen molar-refractivity contribution >= 4 is 5.91 Å². The minimum atomic E-state index is 0.139. The Morgan fingerprint density at radius 1 is 1.22 bits per heavy atom. The third kappa shape index (κ3) is 5.10. The van der Waals surface area contributed by atoms with Crippen molar-refractivity contribution in [3.63, 3.8) is 0 Å². The summed E-state index contributed by atoms with van der Waals surface area (Å²) in [4.78, 5) is 14.1. The van der Waals surface area contributed by atoms with E-state index in [1.54, 1.807) is 0 Å². The Labute approximate surface area is 140 Å². The van der Waals surface area contributed by atoms with E-state index in [4.69, 9.17) is 5.26 Å². The Kier molecular flexibility index (Phi) is 5.82. The highest BCUT2D eigenvalue weighted by Gasteiger charge is 2.22. The van der Waals surface area contributed by atoms with E-state index in [0.717, 1.165) is 38.8 Å². The third-order valence-electron chi connectivity index (χ3n) is 4.71. The molecular formula is C20H28N2O. The number of nitrogens with zero attached hydrogens (tertiary/aromatic N) is 2. The summed E-state index contributed by atoms with van der Waals surface area (Å²) >= 11 is 0. The average molecular weight is 312 g/mol. The number of amides is 1. The van der Waals surface area contributed by atoms with Crippen LogP contribution >= 0.6 is 0 Å². The van der Waals surface area contributed by atoms with Crippen LogP contribution in [-0.4, -0.2) is 23.9 Å². The lowest BCUT2D eigenvalue weighted by molar-refractivity contribution is -0.132. The standard InChI is InChI=1S/C20H28N2O/c1-20(2,3)18-9-7-16(8-10-18)5-4-6-19(23)22-13-11-17(15-21)12-14-22/h7-10,17H,4-6,11-14H2,1-3H3. The molecule has 3 nitrogen and oxygen atoms in total. The van der Waals surface area contributed by atoms with Gasteiger partial charge < -0.3 is 4.90 Å². The summed E-state index contributed by atoms with van der Waals surface area (Å²) in [5.41, 5.74) is 2.83. The van der Waals surface area contributed by atoms with E-state index >= 15 is 0 Å². The summed E-state index contributed by atoms with van der Waals surface area (Å²) in [5, 5.41) is 8.90. The van der Waals surface area contributed by atoms with Gasteiger partial charge in [0.25, 0.3) is 0 Å². The molecule has 1 fully saturated rings. The maximum atomic E-state index is 12.2. The van der Waals surface area contributed by atoms with Crippen LogP contribution in [0.1, 0.15) is 57.6 Å². The van der Waals surface area contributed by atoms with Crippen molar-refractivity contribution in [1.29, 1.82) is 5.26 Å². The topological polar surface area (TPSA) is 44.1 Å². The molecule has 0 N–H and O–H groups in total. The summed E-state index contributed by atoms with van der Waals surface area (Å²) in [6, 6.07) is 11.1. The molecule has 0 aliphatic carbocycles. The second-order valence-corrected chi connectivity index (χ2v) is 7.58. The highest BCUT2D eigenvalue weighted by Crippen LogP contribution is 2.23. The zero-order chi connectivity index (χ0) is 16.9. The van der Waals surface area contributed by atoms with Gasteiger partial charge in [-0.2, -0.15) is 5.26 Å². The number of aryl methyl sites for hydroxylation is 1. The number of piperidine rings is 1. The van der Waals surface area contributed by atoms with Gasteiger partial charge in [-0.3, -0.25) is 4.79 Å². The summed E-state index contributed by atoms with van der Waals surface area (Å²) in [6.45, 7) is 8.15. The first kappa shape index (κ1) is 17.5. The molecule has 0 spiro atoms. The van der Waals surface area contributed by atoms with Crippen molar-refractivity contribution in [2.45, 2.75) is 58.3 Å². The van der Waals surface area contributed by atoms with Gasteiger partial charge >= 0.3 is 0 Å². The summed E-state index contributed by atoms with van der Waals surface area (Å²) in [7, 11) is 0. The molecule has 3 heteroatoms. The predicted octanol–water partition coefficient (Wildman–Crippen LogP) is 4.07. The van der Waals surface area contributed by atoms with Crippen LogP contribution in [0.2, 0.25) is 0 Å². The SMILES string of the molecule is CC(C)(C)c1ccc(CCCC(=O)N2CCC(C#N)CC2)cc1. The zero-order valence-electron chi connectivity index (χ0n) is 14.6. The van der Waals surface area contributed by atoms with Crippen LogP contribution in [0.25, 0.3) is 0 Å². The van der Waals surface area contributed by atoms with E-state index in [1.165, 1.54) is 11.1 Å². The lowest BCUT2D eigenvalue weighted by Crippen LogP contribution is -2.38. The summed E-state index contributed by atoms with van der Waals surface area (Å²) in [6.07, 6.45) is 4.11. The minimum absolute atomic E-state index is 0.139. The number of rotatable bonds is 4. The number of benzene rings is 1. The van der Waals surface area contributed by atoms with Crippen molar-refractivity contribution in [3.05, 3.63) is 35.4 Å². The van der Waals surface area contributed by atoms with Gasteiger partial charge in [-0.25, -0.2) is 0 Å². The van der Waals surface area contributed by atoms with E-state index in [2.05, 4.69) is 51.1 Å². The molecule has 0 atom stereocenters. The fourth-order valence-corrected chi connectivity index (χ4v) is 3.03. The first-order valence-corrected chi connectivity index (χ1v) is 8.67. The first-order valence-electron chi connectivity index (χ1n) is 8.67. The molecule has 0 saturated carbocycles. The highest BCUT2D eigenvalue weighted by molar-refractivity contribution is 5.76. The maximum Gasteiger partial charge on any atom is 0.222 e. The molecule has 1 saturated heterocycles. The fourth-order valence-electron chi connectivity index (χ4n) is 3.03. The van der Waals surface area contributed by atoms with Gasteiger partial charge in [0.2, 0.25) is 5.91 Å². The van der Waals surface area contributed by atoms with Gasteiger partial charge in [-0.05, 0) is 42.2 Å². The van der Waals surface area contributed by atoms with Crippen molar-refractivity contribution in [2.24, 2.45) is 5.92 Å². The molecule has 23 heavy (non-hydrogen) atoms. The molecular weight excluding hydrogens is 284 g/mol. The van der Waals surface area contributed by atoms with Crippen LogP contribution in [-0.2, 0) is 16.6 Å². The van der Waals surface area contributed by atoms with Crippen molar-refractivity contribution in [1.82, 2.24) is 4.90 Å². The minimum Gasteiger partial charge on any atom is -0.343 e. The number of carbonyl (C=O) groups excluding carboxylic acids is 1. The Bertz CT molecular complexity index is 555. The number of likely N-dealkylation sites (tertiary alicyclic amines) is 1. The summed E-state index contributed by atoms with van der Waals surface area (Å²) < 4.78 is 0. The first-order chi connectivity index (χ1) is 10.9. The molecule has 0 aromatic heterocycles. The van der Waals surface area contributed by atoms with Crippen LogP contribution in [0, 0.1) is 17.2 Å². The van der Waals surface area contributed by atoms with Gasteiger partial charge in [-0.1, -0.05) is 45.0 Å².